The second-order valence-corrected chi connectivity index (χ2v) is 7.38. The first-order valence-electron chi connectivity index (χ1n) is 9.60. The number of aliphatic carboxylic acids is 1. The Labute approximate surface area is 168 Å². The van der Waals surface area contributed by atoms with Crippen molar-refractivity contribution in [2.45, 2.75) is 6.10 Å². The molecule has 2 heterocycles. The number of amides is 1. The highest BCUT2D eigenvalue weighted by molar-refractivity contribution is 6.15. The lowest BCUT2D eigenvalue weighted by Crippen LogP contribution is -2.49. The van der Waals surface area contributed by atoms with Gasteiger partial charge in [-0.3, -0.25) is 19.5 Å². The van der Waals surface area contributed by atoms with Crippen LogP contribution in [-0.2, 0) is 9.53 Å². The number of aromatic nitrogens is 1. The maximum Gasteiger partial charge on any atom is 0.317 e. The number of morpholine rings is 1. The molecule has 7 heteroatoms. The molecule has 29 heavy (non-hydrogen) atoms. The van der Waals surface area contributed by atoms with Crippen LogP contribution in [0.4, 0.5) is 0 Å². The fourth-order valence-electron chi connectivity index (χ4n) is 3.92. The van der Waals surface area contributed by atoms with Crippen LogP contribution < -0.4 is 0 Å². The summed E-state index contributed by atoms with van der Waals surface area (Å²) in [7, 11) is 1.74. The Hall–Kier alpha value is -3.03. The molecule has 0 saturated carbocycles. The molecule has 0 spiro atoms. The molecule has 4 rings (SSSR count). The summed E-state index contributed by atoms with van der Waals surface area (Å²) in [4.78, 5) is 32.2. The van der Waals surface area contributed by atoms with Crippen LogP contribution in [0.1, 0.15) is 10.4 Å². The van der Waals surface area contributed by atoms with Gasteiger partial charge in [-0.15, -0.1) is 0 Å². The smallest absolute Gasteiger partial charge is 0.317 e. The van der Waals surface area contributed by atoms with E-state index < -0.39 is 5.97 Å². The van der Waals surface area contributed by atoms with Gasteiger partial charge in [0.05, 0.1) is 30.3 Å². The fourth-order valence-corrected chi connectivity index (χ4v) is 3.92. The minimum atomic E-state index is -0.884. The molecule has 1 atom stereocenters. The van der Waals surface area contributed by atoms with Crippen LogP contribution in [0.15, 0.2) is 48.7 Å². The quantitative estimate of drug-likeness (QED) is 0.670. The van der Waals surface area contributed by atoms with E-state index >= 15 is 0 Å². The van der Waals surface area contributed by atoms with E-state index in [9.17, 15) is 9.59 Å². The van der Waals surface area contributed by atoms with Gasteiger partial charge in [-0.05, 0) is 30.0 Å². The summed E-state index contributed by atoms with van der Waals surface area (Å²) < 4.78 is 5.76. The average molecular weight is 393 g/mol. The lowest BCUT2D eigenvalue weighted by molar-refractivity contribution is -0.138. The minimum Gasteiger partial charge on any atom is -0.480 e. The normalized spacial score (nSPS) is 17.2. The maximum absolute atomic E-state index is 13.4. The average Bonchev–Trinajstić information content (AvgIpc) is 2.72. The molecule has 1 saturated heterocycles. The lowest BCUT2D eigenvalue weighted by Gasteiger charge is -2.34. The van der Waals surface area contributed by atoms with Crippen molar-refractivity contribution < 1.29 is 19.4 Å². The number of pyridine rings is 1. The third-order valence-electron chi connectivity index (χ3n) is 5.19. The number of carbonyl (C=O) groups excluding carboxylic acids is 1. The molecule has 1 unspecified atom stereocenters. The molecule has 1 aliphatic rings. The first kappa shape index (κ1) is 19.3. The summed E-state index contributed by atoms with van der Waals surface area (Å²) in [5.74, 6) is -0.960. The Morgan fingerprint density at radius 3 is 2.86 bits per heavy atom. The molecule has 0 aliphatic carbocycles. The van der Waals surface area contributed by atoms with E-state index in [2.05, 4.69) is 4.98 Å². The number of rotatable bonds is 5. The Kier molecular flexibility index (Phi) is 5.42. The summed E-state index contributed by atoms with van der Waals surface area (Å²) in [6.45, 7) is 1.74. The Balaban J connectivity index is 1.62. The summed E-state index contributed by atoms with van der Waals surface area (Å²) in [6, 6.07) is 13.8. The fraction of sp³-hybridized carbons (Fsp3) is 0.318. The monoisotopic (exact) mass is 393 g/mol. The van der Waals surface area contributed by atoms with Gasteiger partial charge in [0, 0.05) is 31.2 Å². The zero-order valence-corrected chi connectivity index (χ0v) is 16.2. The molecule has 0 radical (unpaired) electrons. The molecular weight excluding hydrogens is 370 g/mol. The number of carboxylic acid groups (broad SMARTS) is 1. The zero-order valence-electron chi connectivity index (χ0n) is 16.2. The van der Waals surface area contributed by atoms with Gasteiger partial charge < -0.3 is 14.7 Å². The highest BCUT2D eigenvalue weighted by atomic mass is 16.5. The summed E-state index contributed by atoms with van der Waals surface area (Å²) in [5, 5.41) is 12.0. The Bertz CT molecular complexity index is 1070. The van der Waals surface area contributed by atoms with Crippen molar-refractivity contribution in [3.05, 3.63) is 54.2 Å². The van der Waals surface area contributed by atoms with E-state index in [-0.39, 0.29) is 18.6 Å². The van der Waals surface area contributed by atoms with Crippen LogP contribution in [0.2, 0.25) is 0 Å². The molecule has 0 bridgehead atoms. The number of carboxylic acids is 1. The number of fused-ring (bicyclic) bond motifs is 3. The number of benzene rings is 2. The third-order valence-corrected chi connectivity index (χ3v) is 5.19. The predicted octanol–water partition coefficient (Wildman–Crippen LogP) is 2.25. The minimum absolute atomic E-state index is 0.0625. The third kappa shape index (κ3) is 4.06. The van der Waals surface area contributed by atoms with Crippen LogP contribution in [0.25, 0.3) is 21.7 Å². The van der Waals surface area contributed by atoms with Crippen molar-refractivity contribution in [1.29, 1.82) is 0 Å². The highest BCUT2D eigenvalue weighted by Crippen LogP contribution is 2.28. The van der Waals surface area contributed by atoms with Crippen LogP contribution in [0.5, 0.6) is 0 Å². The number of nitrogens with zero attached hydrogens (tertiary/aromatic N) is 3. The van der Waals surface area contributed by atoms with E-state index in [0.29, 0.717) is 37.3 Å². The topological polar surface area (TPSA) is 83.0 Å². The van der Waals surface area contributed by atoms with Crippen LogP contribution >= 0.6 is 0 Å². The van der Waals surface area contributed by atoms with Crippen LogP contribution in [0, 0.1) is 0 Å². The molecule has 1 aromatic heterocycles. The lowest BCUT2D eigenvalue weighted by atomic mass is 10.00. The maximum atomic E-state index is 13.4. The van der Waals surface area contributed by atoms with Gasteiger partial charge in [0.1, 0.15) is 0 Å². The molecule has 3 aromatic rings. The zero-order chi connectivity index (χ0) is 20.4. The Morgan fingerprint density at radius 2 is 2.03 bits per heavy atom. The first-order chi connectivity index (χ1) is 14.0. The predicted molar refractivity (Wildman–Crippen MR) is 110 cm³/mol. The highest BCUT2D eigenvalue weighted by Gasteiger charge is 2.27. The van der Waals surface area contributed by atoms with Gasteiger partial charge in [0.2, 0.25) is 0 Å². The molecule has 1 amide bonds. The second kappa shape index (κ2) is 8.14. The second-order valence-electron chi connectivity index (χ2n) is 7.38. The van der Waals surface area contributed by atoms with E-state index in [0.717, 1.165) is 16.2 Å². The number of likely N-dealkylation sites (N-methyl/N-ethyl adjacent to an activating group) is 1. The van der Waals surface area contributed by atoms with E-state index in [1.807, 2.05) is 42.5 Å². The van der Waals surface area contributed by atoms with E-state index in [1.54, 1.807) is 23.0 Å². The van der Waals surface area contributed by atoms with Gasteiger partial charge >= 0.3 is 5.97 Å². The van der Waals surface area contributed by atoms with Crippen molar-refractivity contribution in [3.63, 3.8) is 0 Å². The van der Waals surface area contributed by atoms with Crippen molar-refractivity contribution in [2.24, 2.45) is 0 Å². The summed E-state index contributed by atoms with van der Waals surface area (Å²) in [5.41, 5.74) is 1.28. The van der Waals surface area contributed by atoms with Gasteiger partial charge in [-0.1, -0.05) is 30.3 Å². The molecular formula is C22H23N3O4. The van der Waals surface area contributed by atoms with Crippen molar-refractivity contribution in [3.8, 4) is 0 Å². The standard InChI is InChI=1S/C22H23N3O4/c1-24(14-20(26)27)12-16-13-25(9-10-29-16)22(28)19-11-15-5-2-3-6-17(15)18-7-4-8-23-21(18)19/h2-8,11,16H,9-10,12-14H2,1H3,(H,26,27). The molecule has 1 N–H and O–H groups in total. The summed E-state index contributed by atoms with van der Waals surface area (Å²) in [6.07, 6.45) is 1.48. The molecule has 1 fully saturated rings. The number of carbonyl (C=O) groups is 2. The SMILES string of the molecule is CN(CC(=O)O)CC1CN(C(=O)c2cc3ccccc3c3cccnc23)CCO1. The van der Waals surface area contributed by atoms with Crippen LogP contribution in [0.3, 0.4) is 0 Å². The van der Waals surface area contributed by atoms with Crippen LogP contribution in [-0.4, -0.2) is 77.7 Å². The van der Waals surface area contributed by atoms with E-state index in [4.69, 9.17) is 9.84 Å². The number of ether oxygens (including phenoxy) is 1. The largest absolute Gasteiger partial charge is 0.480 e. The molecule has 150 valence electrons. The van der Waals surface area contributed by atoms with Gasteiger partial charge in [-0.25, -0.2) is 0 Å². The van der Waals surface area contributed by atoms with Gasteiger partial charge in [0.25, 0.3) is 5.91 Å². The van der Waals surface area contributed by atoms with Gasteiger partial charge in [0.15, 0.2) is 0 Å². The molecule has 1 aliphatic heterocycles. The van der Waals surface area contributed by atoms with Crippen molar-refractivity contribution in [1.82, 2.24) is 14.8 Å². The van der Waals surface area contributed by atoms with E-state index in [1.165, 1.54) is 0 Å². The van der Waals surface area contributed by atoms with Gasteiger partial charge in [-0.2, -0.15) is 0 Å². The van der Waals surface area contributed by atoms with Crippen molar-refractivity contribution >= 4 is 33.6 Å². The number of hydrogen-bond acceptors (Lipinski definition) is 5. The molecule has 7 nitrogen and oxygen atoms in total. The molecule has 2 aromatic carbocycles. The number of hydrogen-bond donors (Lipinski definition) is 1. The Morgan fingerprint density at radius 1 is 1.24 bits per heavy atom. The summed E-state index contributed by atoms with van der Waals surface area (Å²) >= 11 is 0. The van der Waals surface area contributed by atoms with Crippen molar-refractivity contribution in [2.75, 3.05) is 39.8 Å². The first-order valence-corrected chi connectivity index (χ1v) is 9.60.